The van der Waals surface area contributed by atoms with Crippen molar-refractivity contribution in [2.75, 3.05) is 28.6 Å². The first-order valence-electron chi connectivity index (χ1n) is 22.5. The van der Waals surface area contributed by atoms with Crippen molar-refractivity contribution < 1.29 is 50.4 Å². The van der Waals surface area contributed by atoms with E-state index in [1.165, 1.54) is 0 Å². The van der Waals surface area contributed by atoms with Gasteiger partial charge >= 0.3 is 23.2 Å². The number of para-hydroxylation sites is 4. The molecule has 0 aliphatic carbocycles. The predicted octanol–water partition coefficient (Wildman–Crippen LogP) is 9.80. The Hall–Kier alpha value is -7.83. The minimum atomic E-state index is -4.35. The van der Waals surface area contributed by atoms with Gasteiger partial charge in [-0.2, -0.15) is 8.42 Å². The number of oxazole rings is 2. The van der Waals surface area contributed by atoms with Gasteiger partial charge in [-0.1, -0.05) is 36.4 Å². The molecule has 4 aromatic carbocycles. The third-order valence-electron chi connectivity index (χ3n) is 12.5. The summed E-state index contributed by atoms with van der Waals surface area (Å²) in [5, 5.41) is 19.4. The maximum atomic E-state index is 12.9. The average Bonchev–Trinajstić information content (AvgIpc) is 3.91. The summed E-state index contributed by atoms with van der Waals surface area (Å²) in [7, 11) is -4.35. The summed E-state index contributed by atoms with van der Waals surface area (Å²) >= 11 is 0. The largest absolute Gasteiger partial charge is 0.481 e. The van der Waals surface area contributed by atoms with Crippen molar-refractivity contribution in [1.82, 2.24) is 9.97 Å². The first-order chi connectivity index (χ1) is 33.1. The van der Waals surface area contributed by atoms with Crippen LogP contribution in [0.4, 0.5) is 11.4 Å². The third-order valence-corrected chi connectivity index (χ3v) is 13.1. The second kappa shape index (κ2) is 17.9. The standard InChI is InChI=1S/C26H24N2O8S.C26H24N2O5/c1-26(2)13-16(14-37(32,33)34)17-10-15-11-18(24-27-19-6-3-4-7-21(19)35-24)25(31)36-22(15)12-20(17)28(26)9-5-8-23(29)30;1-15-14-26(2,3)28(10-6-9-23(29)30)20-13-22-16(11-17(15)20)12-18(25(31)33-22)24-27-19-7-4-5-8-21(19)32-24/h3-4,6-7,10-13H,5,8-9,14H2,1-2H3,(H,29,30)(H,32,33,34);4-5,7-8,11-14H,6,9-10H2,1-3H3,(H,29,30). The molecule has 8 aromatic rings. The number of rotatable bonds is 12. The Morgan fingerprint density at radius 2 is 1.03 bits per heavy atom. The van der Waals surface area contributed by atoms with Crippen molar-refractivity contribution in [1.29, 1.82) is 0 Å². The van der Waals surface area contributed by atoms with Crippen LogP contribution in [0, 0.1) is 0 Å². The molecule has 360 valence electrons. The minimum absolute atomic E-state index is 0.0416. The van der Waals surface area contributed by atoms with Crippen LogP contribution in [0.5, 0.6) is 0 Å². The van der Waals surface area contributed by atoms with Crippen molar-refractivity contribution in [2.45, 2.75) is 71.4 Å². The highest BCUT2D eigenvalue weighted by atomic mass is 32.2. The number of nitrogens with zero attached hydrogens (tertiary/aromatic N) is 4. The summed E-state index contributed by atoms with van der Waals surface area (Å²) in [4.78, 5) is 60.8. The maximum Gasteiger partial charge on any atom is 0.349 e. The van der Waals surface area contributed by atoms with Crippen molar-refractivity contribution >= 4 is 88.7 Å². The van der Waals surface area contributed by atoms with E-state index in [2.05, 4.69) is 41.7 Å². The van der Waals surface area contributed by atoms with Gasteiger partial charge in [0.05, 0.1) is 11.1 Å². The number of fused-ring (bicyclic) bond motifs is 6. The fraction of sp³-hybridized carbons (Fsp3) is 0.269. The van der Waals surface area contributed by atoms with E-state index in [-0.39, 0.29) is 46.9 Å². The zero-order valence-corrected chi connectivity index (χ0v) is 39.6. The molecule has 0 saturated heterocycles. The van der Waals surface area contributed by atoms with Gasteiger partial charge in [0.15, 0.2) is 11.2 Å². The van der Waals surface area contributed by atoms with E-state index in [4.69, 9.17) is 27.9 Å². The average molecular weight is 969 g/mol. The first-order valence-corrected chi connectivity index (χ1v) is 24.1. The lowest BCUT2D eigenvalue weighted by Gasteiger charge is -2.43. The molecule has 0 fully saturated rings. The second-order valence-corrected chi connectivity index (χ2v) is 20.0. The lowest BCUT2D eigenvalue weighted by Crippen LogP contribution is -2.46. The molecule has 3 N–H and O–H groups in total. The van der Waals surface area contributed by atoms with Gasteiger partial charge in [-0.15, -0.1) is 0 Å². The number of benzene rings is 4. The monoisotopic (exact) mass is 968 g/mol. The van der Waals surface area contributed by atoms with Crippen LogP contribution in [0.25, 0.3) is 78.2 Å². The van der Waals surface area contributed by atoms with E-state index in [0.717, 1.165) is 22.2 Å². The molecular weight excluding hydrogens is 921 g/mol. The highest BCUT2D eigenvalue weighted by Crippen LogP contribution is 2.44. The fourth-order valence-electron chi connectivity index (χ4n) is 9.40. The maximum absolute atomic E-state index is 12.9. The Kier molecular flexibility index (Phi) is 12.1. The smallest absolute Gasteiger partial charge is 0.349 e. The highest BCUT2D eigenvalue weighted by molar-refractivity contribution is 7.86. The highest BCUT2D eigenvalue weighted by Gasteiger charge is 2.35. The van der Waals surface area contributed by atoms with E-state index < -0.39 is 44.6 Å². The van der Waals surface area contributed by atoms with Crippen LogP contribution in [0.3, 0.4) is 0 Å². The molecule has 6 heterocycles. The lowest BCUT2D eigenvalue weighted by molar-refractivity contribution is -0.138. The summed E-state index contributed by atoms with van der Waals surface area (Å²) in [6.45, 7) is 10.9. The van der Waals surface area contributed by atoms with Gasteiger partial charge < -0.3 is 37.7 Å². The van der Waals surface area contributed by atoms with Gasteiger partial charge in [-0.05, 0) is 107 Å². The number of carboxylic acid groups (broad SMARTS) is 2. The second-order valence-electron chi connectivity index (χ2n) is 18.5. The fourth-order valence-corrected chi connectivity index (χ4v) is 10.0. The van der Waals surface area contributed by atoms with Gasteiger partial charge in [-0.25, -0.2) is 19.6 Å². The Balaban J connectivity index is 0.000000175. The first kappa shape index (κ1) is 47.2. The van der Waals surface area contributed by atoms with Crippen molar-refractivity contribution in [3.8, 4) is 22.9 Å². The van der Waals surface area contributed by atoms with Crippen LogP contribution >= 0.6 is 0 Å². The normalized spacial score (nSPS) is 15.1. The van der Waals surface area contributed by atoms with Gasteiger partial charge in [0.2, 0.25) is 11.8 Å². The molecule has 0 saturated carbocycles. The molecule has 10 rings (SSSR count). The van der Waals surface area contributed by atoms with Crippen LogP contribution in [-0.2, 0) is 19.7 Å². The number of allylic oxidation sites excluding steroid dienone is 1. The molecular formula is C52H48N4O13S. The van der Waals surface area contributed by atoms with Crippen LogP contribution in [-0.4, -0.2) is 75.0 Å². The number of anilines is 2. The molecule has 0 spiro atoms. The van der Waals surface area contributed by atoms with Crippen LogP contribution in [0.2, 0.25) is 0 Å². The molecule has 0 unspecified atom stereocenters. The number of aliphatic carboxylic acids is 2. The minimum Gasteiger partial charge on any atom is -0.481 e. The topological polar surface area (TPSA) is 248 Å². The molecule has 70 heavy (non-hydrogen) atoms. The van der Waals surface area contributed by atoms with Crippen LogP contribution in [0.1, 0.15) is 71.4 Å². The van der Waals surface area contributed by atoms with Crippen molar-refractivity contribution in [2.24, 2.45) is 0 Å². The molecule has 2 aliphatic heterocycles. The van der Waals surface area contributed by atoms with Crippen LogP contribution in [0.15, 0.2) is 124 Å². The van der Waals surface area contributed by atoms with Crippen molar-refractivity contribution in [3.05, 3.63) is 129 Å². The molecule has 4 aromatic heterocycles. The van der Waals surface area contributed by atoms with E-state index >= 15 is 0 Å². The molecule has 17 nitrogen and oxygen atoms in total. The summed E-state index contributed by atoms with van der Waals surface area (Å²) in [6, 6.07) is 25.0. The van der Waals surface area contributed by atoms with Gasteiger partial charge in [0, 0.05) is 71.3 Å². The van der Waals surface area contributed by atoms with E-state index in [0.29, 0.717) is 75.9 Å². The summed E-state index contributed by atoms with van der Waals surface area (Å²) < 4.78 is 56.2. The number of carbonyl (C=O) groups is 2. The molecule has 2 aliphatic rings. The summed E-state index contributed by atoms with van der Waals surface area (Å²) in [5.74, 6) is -2.01. The summed E-state index contributed by atoms with van der Waals surface area (Å²) in [6.07, 6.45) is 4.85. The Morgan fingerprint density at radius 3 is 1.49 bits per heavy atom. The zero-order chi connectivity index (χ0) is 49.9. The zero-order valence-electron chi connectivity index (χ0n) is 38.8. The summed E-state index contributed by atoms with van der Waals surface area (Å²) in [5.41, 5.74) is 5.84. The molecule has 18 heteroatoms. The number of aromatic nitrogens is 2. The van der Waals surface area contributed by atoms with Crippen LogP contribution < -0.4 is 21.1 Å². The Morgan fingerprint density at radius 1 is 0.600 bits per heavy atom. The van der Waals surface area contributed by atoms with Gasteiger partial charge in [0.1, 0.15) is 39.1 Å². The molecule has 0 atom stereocenters. The number of hydrogen-bond acceptors (Lipinski definition) is 14. The third kappa shape index (κ3) is 9.47. The predicted molar refractivity (Wildman–Crippen MR) is 266 cm³/mol. The molecule has 0 radical (unpaired) electrons. The lowest BCUT2D eigenvalue weighted by atomic mass is 9.87. The van der Waals surface area contributed by atoms with Gasteiger partial charge in [-0.3, -0.25) is 14.1 Å². The molecule has 0 amide bonds. The quantitative estimate of drug-likeness (QED) is 0.0761. The Labute approximate surface area is 399 Å². The van der Waals surface area contributed by atoms with E-state index in [1.54, 1.807) is 60.7 Å². The molecule has 0 bridgehead atoms. The number of carboxylic acids is 2. The SMILES string of the molecule is CC1(C)C=C(CS(=O)(=O)O)c2cc3cc(-c4nc5ccccc5o4)c(=O)oc3cc2N1CCCC(=O)O.CC1=CC(C)(C)N(CCCC(=O)O)c2cc3oc(=O)c(-c4nc5ccccc5o4)cc3cc21. The van der Waals surface area contributed by atoms with E-state index in [9.17, 15) is 32.1 Å². The van der Waals surface area contributed by atoms with Crippen molar-refractivity contribution in [3.63, 3.8) is 0 Å². The Bertz CT molecular complexity index is 3660. The van der Waals surface area contributed by atoms with E-state index in [1.807, 2.05) is 49.1 Å². The number of hydrogen-bond donors (Lipinski definition) is 3. The van der Waals surface area contributed by atoms with Gasteiger partial charge in [0.25, 0.3) is 10.1 Å².